The van der Waals surface area contributed by atoms with Crippen LogP contribution in [0.5, 0.6) is 0 Å². The second-order valence-corrected chi connectivity index (χ2v) is 4.19. The van der Waals surface area contributed by atoms with Crippen LogP contribution in [0.25, 0.3) is 10.9 Å². The first-order valence-corrected chi connectivity index (χ1v) is 5.81. The van der Waals surface area contributed by atoms with E-state index in [9.17, 15) is 0 Å². The van der Waals surface area contributed by atoms with Crippen LogP contribution in [0, 0.1) is 0 Å². The molecule has 0 unspecified atom stereocenters. The normalized spacial score (nSPS) is 10.9. The van der Waals surface area contributed by atoms with E-state index in [0.29, 0.717) is 12.2 Å². The second kappa shape index (κ2) is 4.58. The lowest BCUT2D eigenvalue weighted by molar-refractivity contribution is 0.277. The third-order valence-electron chi connectivity index (χ3n) is 2.85. The van der Waals surface area contributed by atoms with Gasteiger partial charge in [-0.25, -0.2) is 4.98 Å². The number of hydrogen-bond acceptors (Lipinski definition) is 3. The van der Waals surface area contributed by atoms with Crippen LogP contribution in [0.1, 0.15) is 11.4 Å². The smallest absolute Gasteiger partial charge is 0.0954 e. The third-order valence-corrected chi connectivity index (χ3v) is 2.85. The van der Waals surface area contributed by atoms with Gasteiger partial charge in [0.15, 0.2) is 0 Å². The molecule has 1 aromatic carbocycles. The summed E-state index contributed by atoms with van der Waals surface area (Å²) in [6.45, 7) is 0.635. The number of imidazole rings is 1. The highest BCUT2D eigenvalue weighted by Crippen LogP contribution is 2.12. The number of hydrogen-bond donors (Lipinski definition) is 1. The lowest BCUT2D eigenvalue weighted by Gasteiger charge is -2.03. The highest BCUT2D eigenvalue weighted by Gasteiger charge is 2.01. The van der Waals surface area contributed by atoms with Crippen molar-refractivity contribution in [3.05, 3.63) is 60.3 Å². The van der Waals surface area contributed by atoms with Crippen molar-refractivity contribution in [2.24, 2.45) is 0 Å². The van der Waals surface area contributed by atoms with Crippen molar-refractivity contribution in [1.29, 1.82) is 0 Å². The molecule has 0 amide bonds. The summed E-state index contributed by atoms with van der Waals surface area (Å²) in [6, 6.07) is 12.1. The molecule has 18 heavy (non-hydrogen) atoms. The Morgan fingerprint density at radius 2 is 1.94 bits per heavy atom. The SMILES string of the molecule is OCc1cn(Cc2ccc3ccccc3n2)cn1. The Hall–Kier alpha value is -2.20. The molecule has 0 aliphatic rings. The van der Waals surface area contributed by atoms with Crippen LogP contribution in [-0.4, -0.2) is 19.6 Å². The van der Waals surface area contributed by atoms with Crippen LogP contribution >= 0.6 is 0 Å². The number of fused-ring (bicyclic) bond motifs is 1. The van der Waals surface area contributed by atoms with Gasteiger partial charge < -0.3 is 9.67 Å². The Morgan fingerprint density at radius 3 is 2.78 bits per heavy atom. The number of aliphatic hydroxyl groups excluding tert-OH is 1. The summed E-state index contributed by atoms with van der Waals surface area (Å²) in [5.74, 6) is 0. The lowest BCUT2D eigenvalue weighted by atomic mass is 10.2. The molecule has 2 heterocycles. The topological polar surface area (TPSA) is 50.9 Å². The quantitative estimate of drug-likeness (QED) is 0.760. The van der Waals surface area contributed by atoms with Gasteiger partial charge in [0.1, 0.15) is 0 Å². The van der Waals surface area contributed by atoms with Gasteiger partial charge in [-0.3, -0.25) is 4.98 Å². The molecule has 0 saturated heterocycles. The molecule has 3 rings (SSSR count). The van der Waals surface area contributed by atoms with Crippen molar-refractivity contribution >= 4 is 10.9 Å². The van der Waals surface area contributed by atoms with E-state index in [-0.39, 0.29) is 6.61 Å². The Labute approximate surface area is 105 Å². The van der Waals surface area contributed by atoms with Gasteiger partial charge >= 0.3 is 0 Å². The third kappa shape index (κ3) is 2.10. The summed E-state index contributed by atoms with van der Waals surface area (Å²) in [5.41, 5.74) is 2.66. The number of nitrogens with zero attached hydrogens (tertiary/aromatic N) is 3. The van der Waals surface area contributed by atoms with Gasteiger partial charge in [0.05, 0.1) is 36.4 Å². The lowest BCUT2D eigenvalue weighted by Crippen LogP contribution is -1.99. The van der Waals surface area contributed by atoms with Crippen molar-refractivity contribution in [2.45, 2.75) is 13.2 Å². The predicted octanol–water partition coefficient (Wildman–Crippen LogP) is 1.97. The first-order chi connectivity index (χ1) is 8.85. The zero-order valence-electron chi connectivity index (χ0n) is 9.82. The molecule has 1 N–H and O–H groups in total. The first-order valence-electron chi connectivity index (χ1n) is 5.81. The Balaban J connectivity index is 1.90. The Kier molecular flexibility index (Phi) is 2.78. The number of aromatic nitrogens is 3. The average molecular weight is 239 g/mol. The summed E-state index contributed by atoms with van der Waals surface area (Å²) in [6.07, 6.45) is 3.54. The van der Waals surface area contributed by atoms with Gasteiger partial charge in [0.2, 0.25) is 0 Å². The van der Waals surface area contributed by atoms with E-state index < -0.39 is 0 Å². The van der Waals surface area contributed by atoms with Gasteiger partial charge in [-0.15, -0.1) is 0 Å². The maximum atomic E-state index is 8.97. The molecule has 0 atom stereocenters. The standard InChI is InChI=1S/C14H13N3O/c18-9-13-8-17(10-15-13)7-12-6-5-11-3-1-2-4-14(11)16-12/h1-6,8,10,18H,7,9H2. The highest BCUT2D eigenvalue weighted by molar-refractivity contribution is 5.78. The summed E-state index contributed by atoms with van der Waals surface area (Å²) >= 11 is 0. The van der Waals surface area contributed by atoms with Gasteiger partial charge in [0, 0.05) is 11.6 Å². The number of benzene rings is 1. The molecule has 0 spiro atoms. The van der Waals surface area contributed by atoms with Crippen molar-refractivity contribution in [3.63, 3.8) is 0 Å². The van der Waals surface area contributed by atoms with Crippen LogP contribution < -0.4 is 0 Å². The number of rotatable bonds is 3. The molecule has 0 radical (unpaired) electrons. The minimum Gasteiger partial charge on any atom is -0.390 e. The van der Waals surface area contributed by atoms with Crippen LogP contribution in [0.15, 0.2) is 48.9 Å². The van der Waals surface area contributed by atoms with E-state index in [1.165, 1.54) is 0 Å². The van der Waals surface area contributed by atoms with E-state index in [1.807, 2.05) is 41.1 Å². The molecule has 0 aliphatic heterocycles. The Bertz CT molecular complexity index is 675. The molecule has 4 heteroatoms. The van der Waals surface area contributed by atoms with Gasteiger partial charge in [-0.05, 0) is 12.1 Å². The highest BCUT2D eigenvalue weighted by atomic mass is 16.3. The second-order valence-electron chi connectivity index (χ2n) is 4.19. The van der Waals surface area contributed by atoms with E-state index in [4.69, 9.17) is 5.11 Å². The zero-order valence-corrected chi connectivity index (χ0v) is 9.82. The monoisotopic (exact) mass is 239 g/mol. The van der Waals surface area contributed by atoms with Crippen molar-refractivity contribution in [3.8, 4) is 0 Å². The first kappa shape index (κ1) is 10.9. The van der Waals surface area contributed by atoms with E-state index in [1.54, 1.807) is 6.33 Å². The molecule has 0 fully saturated rings. The summed E-state index contributed by atoms with van der Waals surface area (Å²) in [7, 11) is 0. The summed E-state index contributed by atoms with van der Waals surface area (Å²) < 4.78 is 1.92. The molecule has 0 bridgehead atoms. The number of aliphatic hydroxyl groups is 1. The van der Waals surface area contributed by atoms with E-state index in [0.717, 1.165) is 16.6 Å². The fourth-order valence-electron chi connectivity index (χ4n) is 1.96. The summed E-state index contributed by atoms with van der Waals surface area (Å²) in [5, 5.41) is 10.1. The van der Waals surface area contributed by atoms with E-state index in [2.05, 4.69) is 16.0 Å². The van der Waals surface area contributed by atoms with Crippen molar-refractivity contribution in [1.82, 2.24) is 14.5 Å². The number of pyridine rings is 1. The Morgan fingerprint density at radius 1 is 1.06 bits per heavy atom. The van der Waals surface area contributed by atoms with Crippen LogP contribution in [0.4, 0.5) is 0 Å². The minimum atomic E-state index is -0.0296. The average Bonchev–Trinajstić information content (AvgIpc) is 2.86. The fraction of sp³-hybridized carbons (Fsp3) is 0.143. The zero-order chi connectivity index (χ0) is 12.4. The summed E-state index contributed by atoms with van der Waals surface area (Å²) in [4.78, 5) is 8.67. The van der Waals surface area contributed by atoms with Crippen molar-refractivity contribution < 1.29 is 5.11 Å². The molecular formula is C14H13N3O. The van der Waals surface area contributed by atoms with Crippen LogP contribution in [0.3, 0.4) is 0 Å². The van der Waals surface area contributed by atoms with Gasteiger partial charge in [-0.2, -0.15) is 0 Å². The molecule has 4 nitrogen and oxygen atoms in total. The van der Waals surface area contributed by atoms with Gasteiger partial charge in [-0.1, -0.05) is 24.3 Å². The molecule has 90 valence electrons. The van der Waals surface area contributed by atoms with Crippen molar-refractivity contribution in [2.75, 3.05) is 0 Å². The van der Waals surface area contributed by atoms with Gasteiger partial charge in [0.25, 0.3) is 0 Å². The van der Waals surface area contributed by atoms with Crippen LogP contribution in [-0.2, 0) is 13.2 Å². The molecule has 0 saturated carbocycles. The molecule has 3 aromatic rings. The molecule has 2 aromatic heterocycles. The molecule has 0 aliphatic carbocycles. The fourth-order valence-corrected chi connectivity index (χ4v) is 1.96. The maximum absolute atomic E-state index is 8.97. The number of para-hydroxylation sites is 1. The predicted molar refractivity (Wildman–Crippen MR) is 69.0 cm³/mol. The molecular weight excluding hydrogens is 226 g/mol. The largest absolute Gasteiger partial charge is 0.390 e. The van der Waals surface area contributed by atoms with Crippen LogP contribution in [0.2, 0.25) is 0 Å². The maximum Gasteiger partial charge on any atom is 0.0954 e. The minimum absolute atomic E-state index is 0.0296. The van der Waals surface area contributed by atoms with E-state index >= 15 is 0 Å².